The van der Waals surface area contributed by atoms with Crippen LogP contribution in [0.25, 0.3) is 0 Å². The average Bonchev–Trinajstić information content (AvgIpc) is 2.08. The van der Waals surface area contributed by atoms with E-state index in [1.54, 1.807) is 7.05 Å². The van der Waals surface area contributed by atoms with Crippen LogP contribution < -0.4 is 10.6 Å². The highest BCUT2D eigenvalue weighted by molar-refractivity contribution is 5.81. The van der Waals surface area contributed by atoms with E-state index in [0.29, 0.717) is 0 Å². The van der Waals surface area contributed by atoms with Gasteiger partial charge in [0, 0.05) is 13.6 Å². The molecule has 2 N–H and O–H groups in total. The van der Waals surface area contributed by atoms with E-state index >= 15 is 0 Å². The van der Waals surface area contributed by atoms with Gasteiger partial charge in [0.25, 0.3) is 0 Å². The Hall–Kier alpha value is -0.570. The van der Waals surface area contributed by atoms with Crippen LogP contribution >= 0.6 is 0 Å². The Morgan fingerprint density at radius 3 is 2.50 bits per heavy atom. The predicted octanol–water partition coefficient (Wildman–Crippen LogP) is 1.15. The molecule has 1 rings (SSSR count). The van der Waals surface area contributed by atoms with Crippen molar-refractivity contribution in [3.05, 3.63) is 0 Å². The molecule has 82 valence electrons. The molecule has 3 heteroatoms. The summed E-state index contributed by atoms with van der Waals surface area (Å²) in [7, 11) is 1.69. The SMILES string of the molecule is CNC(=O)C(C)(C)CNCC1CCC1. The molecule has 0 bridgehead atoms. The monoisotopic (exact) mass is 198 g/mol. The Morgan fingerprint density at radius 1 is 1.43 bits per heavy atom. The van der Waals surface area contributed by atoms with Crippen molar-refractivity contribution in [1.82, 2.24) is 10.6 Å². The van der Waals surface area contributed by atoms with Gasteiger partial charge in [-0.1, -0.05) is 6.42 Å². The third kappa shape index (κ3) is 2.98. The van der Waals surface area contributed by atoms with E-state index in [-0.39, 0.29) is 11.3 Å². The maximum atomic E-state index is 11.4. The molecular formula is C11H22N2O. The van der Waals surface area contributed by atoms with E-state index in [2.05, 4.69) is 10.6 Å². The van der Waals surface area contributed by atoms with Crippen molar-refractivity contribution in [2.24, 2.45) is 11.3 Å². The molecule has 0 spiro atoms. The standard InChI is InChI=1S/C11H22N2O/c1-11(2,10(14)12-3)8-13-7-9-5-4-6-9/h9,13H,4-8H2,1-3H3,(H,12,14). The number of carbonyl (C=O) groups excluding carboxylic acids is 1. The molecule has 0 atom stereocenters. The first-order chi connectivity index (χ1) is 6.56. The maximum absolute atomic E-state index is 11.4. The summed E-state index contributed by atoms with van der Waals surface area (Å²) in [4.78, 5) is 11.4. The van der Waals surface area contributed by atoms with Crippen molar-refractivity contribution in [2.45, 2.75) is 33.1 Å². The van der Waals surface area contributed by atoms with E-state index in [1.165, 1.54) is 19.3 Å². The third-order valence-corrected chi connectivity index (χ3v) is 3.07. The third-order valence-electron chi connectivity index (χ3n) is 3.07. The molecule has 0 aromatic heterocycles. The minimum absolute atomic E-state index is 0.110. The summed E-state index contributed by atoms with van der Waals surface area (Å²) in [6.07, 6.45) is 4.09. The quantitative estimate of drug-likeness (QED) is 0.696. The van der Waals surface area contributed by atoms with E-state index in [1.807, 2.05) is 13.8 Å². The lowest BCUT2D eigenvalue weighted by molar-refractivity contribution is -0.128. The second-order valence-electron chi connectivity index (χ2n) is 4.89. The smallest absolute Gasteiger partial charge is 0.226 e. The Bertz CT molecular complexity index is 197. The van der Waals surface area contributed by atoms with Crippen molar-refractivity contribution < 1.29 is 4.79 Å². The van der Waals surface area contributed by atoms with Crippen LogP contribution in [0.2, 0.25) is 0 Å². The molecule has 0 radical (unpaired) electrons. The molecule has 0 aliphatic heterocycles. The topological polar surface area (TPSA) is 41.1 Å². The maximum Gasteiger partial charge on any atom is 0.226 e. The van der Waals surface area contributed by atoms with Crippen LogP contribution in [-0.4, -0.2) is 26.0 Å². The van der Waals surface area contributed by atoms with E-state index < -0.39 is 0 Å². The highest BCUT2D eigenvalue weighted by atomic mass is 16.2. The number of amides is 1. The molecule has 3 nitrogen and oxygen atoms in total. The van der Waals surface area contributed by atoms with Gasteiger partial charge < -0.3 is 10.6 Å². The molecule has 1 aliphatic rings. The predicted molar refractivity (Wildman–Crippen MR) is 58.1 cm³/mol. The number of hydrogen-bond acceptors (Lipinski definition) is 2. The summed E-state index contributed by atoms with van der Waals surface area (Å²) >= 11 is 0. The molecule has 0 unspecified atom stereocenters. The van der Waals surface area contributed by atoms with Gasteiger partial charge in [0.05, 0.1) is 5.41 Å². The van der Waals surface area contributed by atoms with Crippen LogP contribution in [0.3, 0.4) is 0 Å². The second kappa shape index (κ2) is 4.78. The molecular weight excluding hydrogens is 176 g/mol. The lowest BCUT2D eigenvalue weighted by atomic mass is 9.85. The molecule has 0 saturated heterocycles. The molecule has 1 amide bonds. The number of rotatable bonds is 5. The summed E-state index contributed by atoms with van der Waals surface area (Å²) in [6.45, 7) is 5.78. The minimum atomic E-state index is -0.293. The lowest BCUT2D eigenvalue weighted by Crippen LogP contribution is -2.43. The Morgan fingerprint density at radius 2 is 2.07 bits per heavy atom. The zero-order valence-corrected chi connectivity index (χ0v) is 9.52. The molecule has 1 fully saturated rings. The number of hydrogen-bond donors (Lipinski definition) is 2. The lowest BCUT2D eigenvalue weighted by Gasteiger charge is -2.28. The molecule has 0 aromatic carbocycles. The summed E-state index contributed by atoms with van der Waals surface area (Å²) < 4.78 is 0. The van der Waals surface area contributed by atoms with Crippen molar-refractivity contribution >= 4 is 5.91 Å². The van der Waals surface area contributed by atoms with Gasteiger partial charge in [0.2, 0.25) is 5.91 Å². The number of nitrogens with one attached hydrogen (secondary N) is 2. The molecule has 0 aromatic rings. The van der Waals surface area contributed by atoms with E-state index in [0.717, 1.165) is 19.0 Å². The Balaban J connectivity index is 2.17. The Kier molecular flexibility index (Phi) is 3.93. The van der Waals surface area contributed by atoms with Crippen LogP contribution in [0.15, 0.2) is 0 Å². The average molecular weight is 198 g/mol. The van der Waals surface area contributed by atoms with Crippen molar-refractivity contribution in [2.75, 3.05) is 20.1 Å². The van der Waals surface area contributed by atoms with Crippen LogP contribution in [-0.2, 0) is 4.79 Å². The van der Waals surface area contributed by atoms with Crippen LogP contribution in [0, 0.1) is 11.3 Å². The highest BCUT2D eigenvalue weighted by Crippen LogP contribution is 2.25. The first kappa shape index (κ1) is 11.5. The molecule has 1 saturated carbocycles. The van der Waals surface area contributed by atoms with Gasteiger partial charge in [-0.3, -0.25) is 4.79 Å². The van der Waals surface area contributed by atoms with Gasteiger partial charge in [-0.15, -0.1) is 0 Å². The van der Waals surface area contributed by atoms with Crippen LogP contribution in [0.4, 0.5) is 0 Å². The van der Waals surface area contributed by atoms with Gasteiger partial charge in [-0.05, 0) is 39.2 Å². The van der Waals surface area contributed by atoms with E-state index in [4.69, 9.17) is 0 Å². The van der Waals surface area contributed by atoms with Gasteiger partial charge in [-0.25, -0.2) is 0 Å². The fourth-order valence-electron chi connectivity index (χ4n) is 1.70. The number of carbonyl (C=O) groups is 1. The van der Waals surface area contributed by atoms with Gasteiger partial charge in [0.15, 0.2) is 0 Å². The largest absolute Gasteiger partial charge is 0.359 e. The zero-order chi connectivity index (χ0) is 10.6. The zero-order valence-electron chi connectivity index (χ0n) is 9.52. The summed E-state index contributed by atoms with van der Waals surface area (Å²) in [5.74, 6) is 0.967. The summed E-state index contributed by atoms with van der Waals surface area (Å²) in [6, 6.07) is 0. The second-order valence-corrected chi connectivity index (χ2v) is 4.89. The van der Waals surface area contributed by atoms with Gasteiger partial charge >= 0.3 is 0 Å². The van der Waals surface area contributed by atoms with Crippen molar-refractivity contribution in [3.8, 4) is 0 Å². The molecule has 0 heterocycles. The van der Waals surface area contributed by atoms with Crippen LogP contribution in [0.5, 0.6) is 0 Å². The fraction of sp³-hybridized carbons (Fsp3) is 0.909. The first-order valence-electron chi connectivity index (χ1n) is 5.49. The minimum Gasteiger partial charge on any atom is -0.359 e. The normalized spacial score (nSPS) is 17.6. The van der Waals surface area contributed by atoms with Crippen molar-refractivity contribution in [1.29, 1.82) is 0 Å². The fourth-order valence-corrected chi connectivity index (χ4v) is 1.70. The summed E-state index contributed by atoms with van der Waals surface area (Å²) in [5.41, 5.74) is -0.293. The summed E-state index contributed by atoms with van der Waals surface area (Å²) in [5, 5.41) is 6.07. The first-order valence-corrected chi connectivity index (χ1v) is 5.49. The Labute approximate surface area is 86.6 Å². The van der Waals surface area contributed by atoms with Crippen LogP contribution in [0.1, 0.15) is 33.1 Å². The molecule has 14 heavy (non-hydrogen) atoms. The van der Waals surface area contributed by atoms with Crippen molar-refractivity contribution in [3.63, 3.8) is 0 Å². The van der Waals surface area contributed by atoms with Gasteiger partial charge in [-0.2, -0.15) is 0 Å². The molecule has 1 aliphatic carbocycles. The van der Waals surface area contributed by atoms with E-state index in [9.17, 15) is 4.79 Å². The highest BCUT2D eigenvalue weighted by Gasteiger charge is 2.26. The van der Waals surface area contributed by atoms with Gasteiger partial charge in [0.1, 0.15) is 0 Å².